The van der Waals surface area contributed by atoms with Crippen molar-refractivity contribution < 1.29 is 14.7 Å². The van der Waals surface area contributed by atoms with Gasteiger partial charge in [-0.3, -0.25) is 9.59 Å². The molecule has 0 aliphatic carbocycles. The van der Waals surface area contributed by atoms with Crippen molar-refractivity contribution in [2.45, 2.75) is 5.56 Å². The fraction of sp³-hybridized carbons (Fsp3) is 0.500. The molecule has 1 atom stereocenters. The molecule has 0 aromatic rings. The Morgan fingerprint density at radius 2 is 2.00 bits per heavy atom. The molecule has 0 aromatic heterocycles. The molecule has 0 radical (unpaired) electrons. The van der Waals surface area contributed by atoms with E-state index >= 15 is 0 Å². The highest BCUT2D eigenvalue weighted by atomic mass is 35.5. The third-order valence-electron chi connectivity index (χ3n) is 0.613. The number of hydrogen-bond donors (Lipinski definition) is 1. The molecule has 0 saturated heterocycles. The van der Waals surface area contributed by atoms with Crippen molar-refractivity contribution in [2.75, 3.05) is 5.88 Å². The SMILES string of the molecule is O=C(CCl)C(=O)C(O)Cl. The molecule has 0 rings (SSSR count). The van der Waals surface area contributed by atoms with Crippen LogP contribution in [0.2, 0.25) is 0 Å². The minimum absolute atomic E-state index is 0.442. The number of carbonyl (C=O) groups is 2. The van der Waals surface area contributed by atoms with Crippen molar-refractivity contribution in [1.29, 1.82) is 0 Å². The smallest absolute Gasteiger partial charge is 0.243 e. The molecule has 0 aliphatic heterocycles. The van der Waals surface area contributed by atoms with Crippen LogP contribution in [0, 0.1) is 0 Å². The number of ketones is 2. The monoisotopic (exact) mass is 170 g/mol. The number of alkyl halides is 2. The summed E-state index contributed by atoms with van der Waals surface area (Å²) in [6.07, 6.45) is 0. The Hall–Kier alpha value is -0.120. The Balaban J connectivity index is 3.89. The molecule has 0 aromatic carbocycles. The van der Waals surface area contributed by atoms with Crippen molar-refractivity contribution in [3.8, 4) is 0 Å². The molecule has 0 saturated carbocycles. The van der Waals surface area contributed by atoms with E-state index in [-0.39, 0.29) is 0 Å². The lowest BCUT2D eigenvalue weighted by Gasteiger charge is -1.94. The predicted molar refractivity (Wildman–Crippen MR) is 32.6 cm³/mol. The molecule has 3 nitrogen and oxygen atoms in total. The van der Waals surface area contributed by atoms with Crippen molar-refractivity contribution >= 4 is 34.8 Å². The first-order valence-corrected chi connectivity index (χ1v) is 3.02. The molecule has 52 valence electrons. The van der Waals surface area contributed by atoms with Crippen LogP contribution in [-0.4, -0.2) is 28.1 Å². The first-order valence-electron chi connectivity index (χ1n) is 2.04. The minimum atomic E-state index is -1.75. The van der Waals surface area contributed by atoms with Crippen molar-refractivity contribution in [1.82, 2.24) is 0 Å². The fourth-order valence-electron chi connectivity index (χ4n) is 0.199. The highest BCUT2D eigenvalue weighted by Gasteiger charge is 2.18. The fourth-order valence-corrected chi connectivity index (χ4v) is 0.452. The molecule has 1 N–H and O–H groups in total. The van der Waals surface area contributed by atoms with Gasteiger partial charge in [0, 0.05) is 0 Å². The average molecular weight is 171 g/mol. The van der Waals surface area contributed by atoms with Gasteiger partial charge in [0.2, 0.25) is 11.6 Å². The molecule has 0 heterocycles. The molecule has 0 bridgehead atoms. The Morgan fingerprint density at radius 1 is 1.56 bits per heavy atom. The van der Waals surface area contributed by atoms with Gasteiger partial charge in [-0.1, -0.05) is 11.6 Å². The molecular weight excluding hydrogens is 167 g/mol. The van der Waals surface area contributed by atoms with Crippen molar-refractivity contribution in [3.05, 3.63) is 0 Å². The third kappa shape index (κ3) is 2.79. The van der Waals surface area contributed by atoms with E-state index in [2.05, 4.69) is 0 Å². The summed E-state index contributed by atoms with van der Waals surface area (Å²) in [6.45, 7) is 0. The van der Waals surface area contributed by atoms with E-state index < -0.39 is 23.0 Å². The highest BCUT2D eigenvalue weighted by molar-refractivity contribution is 6.54. The highest BCUT2D eigenvalue weighted by Crippen LogP contribution is 1.93. The Morgan fingerprint density at radius 3 is 2.11 bits per heavy atom. The second kappa shape index (κ2) is 3.82. The number of Topliss-reactive ketones (excluding diaryl/α,β-unsaturated/α-hetero) is 2. The van der Waals surface area contributed by atoms with Crippen LogP contribution in [0.3, 0.4) is 0 Å². The third-order valence-corrected chi connectivity index (χ3v) is 1.05. The van der Waals surface area contributed by atoms with E-state index in [0.717, 1.165) is 0 Å². The first kappa shape index (κ1) is 8.88. The summed E-state index contributed by atoms with van der Waals surface area (Å²) >= 11 is 9.78. The van der Waals surface area contributed by atoms with Gasteiger partial charge in [0.1, 0.15) is 0 Å². The summed E-state index contributed by atoms with van der Waals surface area (Å²) in [5.74, 6) is -2.38. The number of hydrogen-bond acceptors (Lipinski definition) is 3. The van der Waals surface area contributed by atoms with Crippen molar-refractivity contribution in [2.24, 2.45) is 0 Å². The van der Waals surface area contributed by atoms with Crippen LogP contribution >= 0.6 is 23.2 Å². The second-order valence-electron chi connectivity index (χ2n) is 1.26. The molecular formula is C4H4Cl2O3. The van der Waals surface area contributed by atoms with Crippen LogP contribution in [0.15, 0.2) is 0 Å². The van der Waals surface area contributed by atoms with Gasteiger partial charge in [-0.2, -0.15) is 0 Å². The standard InChI is InChI=1S/C4H4Cl2O3/c5-1-2(7)3(8)4(6)9/h4,9H,1H2. The van der Waals surface area contributed by atoms with E-state index in [9.17, 15) is 9.59 Å². The molecule has 1 unspecified atom stereocenters. The summed E-state index contributed by atoms with van der Waals surface area (Å²) in [5.41, 5.74) is -1.75. The molecule has 0 fully saturated rings. The largest absolute Gasteiger partial charge is 0.371 e. The Kier molecular flexibility index (Phi) is 3.77. The van der Waals surface area contributed by atoms with Gasteiger partial charge < -0.3 is 5.11 Å². The summed E-state index contributed by atoms with van der Waals surface area (Å²) in [7, 11) is 0. The van der Waals surface area contributed by atoms with Crippen LogP contribution in [-0.2, 0) is 9.59 Å². The number of rotatable bonds is 3. The zero-order chi connectivity index (χ0) is 7.44. The Labute approximate surface area is 61.6 Å². The maximum atomic E-state index is 10.3. The topological polar surface area (TPSA) is 54.4 Å². The lowest BCUT2D eigenvalue weighted by molar-refractivity contribution is -0.137. The van der Waals surface area contributed by atoms with Gasteiger partial charge in [0.15, 0.2) is 5.56 Å². The summed E-state index contributed by atoms with van der Waals surface area (Å²) in [5, 5.41) is 8.26. The number of aliphatic hydroxyl groups excluding tert-OH is 1. The number of halogens is 2. The van der Waals surface area contributed by atoms with Crippen molar-refractivity contribution in [3.63, 3.8) is 0 Å². The second-order valence-corrected chi connectivity index (χ2v) is 1.94. The van der Waals surface area contributed by atoms with Gasteiger partial charge in [0.05, 0.1) is 5.88 Å². The minimum Gasteiger partial charge on any atom is -0.371 e. The van der Waals surface area contributed by atoms with Gasteiger partial charge in [-0.15, -0.1) is 11.6 Å². The summed E-state index contributed by atoms with van der Waals surface area (Å²) in [4.78, 5) is 20.5. The summed E-state index contributed by atoms with van der Waals surface area (Å²) in [6, 6.07) is 0. The van der Waals surface area contributed by atoms with Crippen LogP contribution < -0.4 is 0 Å². The normalized spacial score (nSPS) is 12.8. The lowest BCUT2D eigenvalue weighted by Crippen LogP contribution is -2.24. The first-order chi connectivity index (χ1) is 4.09. The molecule has 0 amide bonds. The van der Waals surface area contributed by atoms with Crippen LogP contribution in [0.25, 0.3) is 0 Å². The predicted octanol–water partition coefficient (Wildman–Crippen LogP) is -0.0794. The molecule has 5 heteroatoms. The molecule has 0 aliphatic rings. The summed E-state index contributed by atoms with van der Waals surface area (Å²) < 4.78 is 0. The van der Waals surface area contributed by atoms with Gasteiger partial charge >= 0.3 is 0 Å². The van der Waals surface area contributed by atoms with E-state index in [1.165, 1.54) is 0 Å². The van der Waals surface area contributed by atoms with E-state index in [1.807, 2.05) is 0 Å². The van der Waals surface area contributed by atoms with E-state index in [0.29, 0.717) is 0 Å². The van der Waals surface area contributed by atoms with Gasteiger partial charge in [-0.05, 0) is 0 Å². The number of aliphatic hydroxyl groups is 1. The van der Waals surface area contributed by atoms with Crippen LogP contribution in [0.4, 0.5) is 0 Å². The lowest BCUT2D eigenvalue weighted by atomic mass is 10.3. The molecule has 0 spiro atoms. The maximum absolute atomic E-state index is 10.3. The van der Waals surface area contributed by atoms with E-state index in [1.54, 1.807) is 0 Å². The molecule has 9 heavy (non-hydrogen) atoms. The van der Waals surface area contributed by atoms with Gasteiger partial charge in [-0.25, -0.2) is 0 Å². The zero-order valence-corrected chi connectivity index (χ0v) is 5.82. The van der Waals surface area contributed by atoms with Crippen LogP contribution in [0.1, 0.15) is 0 Å². The zero-order valence-electron chi connectivity index (χ0n) is 4.30. The Bertz CT molecular complexity index is 132. The van der Waals surface area contributed by atoms with Gasteiger partial charge in [0.25, 0.3) is 0 Å². The number of carbonyl (C=O) groups excluding carboxylic acids is 2. The van der Waals surface area contributed by atoms with E-state index in [4.69, 9.17) is 28.3 Å². The average Bonchev–Trinajstić information content (AvgIpc) is 1.84. The van der Waals surface area contributed by atoms with Crippen LogP contribution in [0.5, 0.6) is 0 Å². The quantitative estimate of drug-likeness (QED) is 0.477. The maximum Gasteiger partial charge on any atom is 0.243 e.